The lowest BCUT2D eigenvalue weighted by Gasteiger charge is -2.47. The molecular weight excluding hydrogens is 881 g/mol. The summed E-state index contributed by atoms with van der Waals surface area (Å²) < 4.78 is 65.6. The van der Waals surface area contributed by atoms with Crippen molar-refractivity contribution in [3.63, 3.8) is 0 Å². The average molecular weight is 928 g/mol. The monoisotopic (exact) mass is 927 g/mol. The summed E-state index contributed by atoms with van der Waals surface area (Å²) in [6.07, 6.45) is -27.4. The minimum absolute atomic E-state index is 0.0787. The summed E-state index contributed by atoms with van der Waals surface area (Å²) in [7, 11) is 0. The molecule has 1 aliphatic carbocycles. The Balaban J connectivity index is 1.31. The molecule has 66 heavy (non-hydrogen) atoms. The minimum atomic E-state index is -2.05. The fourth-order valence-corrected chi connectivity index (χ4v) is 8.06. The van der Waals surface area contributed by atoms with Crippen LogP contribution in [0.4, 0.5) is 4.39 Å². The summed E-state index contributed by atoms with van der Waals surface area (Å²) >= 11 is 0. The molecule has 0 amide bonds. The number of hydrogen-bond acceptors (Lipinski definition) is 18. The quantitative estimate of drug-likeness (QED) is 0.0724. The molecule has 0 radical (unpaired) electrons. The lowest BCUT2D eigenvalue weighted by atomic mass is 9.84. The number of aliphatic hydroxyl groups is 5. The van der Waals surface area contributed by atoms with Crippen LogP contribution in [-0.2, 0) is 51.1 Å². The van der Waals surface area contributed by atoms with Crippen molar-refractivity contribution in [2.75, 3.05) is 19.7 Å². The van der Waals surface area contributed by atoms with Gasteiger partial charge in [-0.15, -0.1) is 0 Å². The SMILES string of the molecule is [N-]=[N+]=NCC1OC(OC2C(CO)OC(OC3C(O)C(N=[N+]=[N-])CC(N=[N+]=[N-])C3OC3OC(CN=[N+]=[N-])C(OCc4ccccc4)C(F)C3OCc3ccccc3)C2O)C(N=[N+]=[N-])C(O)C1O. The van der Waals surface area contributed by atoms with Crippen molar-refractivity contribution in [3.05, 3.63) is 124 Å². The number of rotatable bonds is 20. The van der Waals surface area contributed by atoms with Gasteiger partial charge in [0.25, 0.3) is 0 Å². The molecule has 0 aromatic heterocycles. The molecular formula is C37H46FN15O13. The number of benzene rings is 2. The maximum atomic E-state index is 17.1. The molecule has 5 N–H and O–H groups in total. The number of ether oxygens (including phenoxy) is 8. The van der Waals surface area contributed by atoms with E-state index in [1.807, 2.05) is 0 Å². The largest absolute Gasteiger partial charge is 0.394 e. The van der Waals surface area contributed by atoms with Crippen LogP contribution in [0.3, 0.4) is 0 Å². The third kappa shape index (κ3) is 11.9. The van der Waals surface area contributed by atoms with Gasteiger partial charge in [-0.3, -0.25) is 0 Å². The maximum absolute atomic E-state index is 17.1. The first-order valence-electron chi connectivity index (χ1n) is 20.4. The number of alkyl halides is 1. The molecule has 6 rings (SSSR count). The third-order valence-electron chi connectivity index (χ3n) is 11.3. The van der Waals surface area contributed by atoms with Gasteiger partial charge in [0.05, 0.1) is 75.5 Å². The van der Waals surface area contributed by atoms with Crippen molar-refractivity contribution in [1.29, 1.82) is 0 Å². The molecule has 19 unspecified atom stereocenters. The second kappa shape index (κ2) is 24.3. The Bertz CT molecular complexity index is 2130. The molecule has 1 saturated carbocycles. The summed E-state index contributed by atoms with van der Waals surface area (Å²) in [6.45, 7) is -2.07. The van der Waals surface area contributed by atoms with Crippen molar-refractivity contribution >= 4 is 0 Å². The van der Waals surface area contributed by atoms with Crippen molar-refractivity contribution in [2.45, 2.75) is 136 Å². The second-order valence-corrected chi connectivity index (χ2v) is 15.3. The van der Waals surface area contributed by atoms with E-state index in [0.29, 0.717) is 11.1 Å². The molecule has 0 bridgehead atoms. The first-order chi connectivity index (χ1) is 32.1. The normalized spacial score (nSPS) is 37.5. The third-order valence-corrected chi connectivity index (χ3v) is 11.3. The summed E-state index contributed by atoms with van der Waals surface area (Å²) in [5.74, 6) is 0. The maximum Gasteiger partial charge on any atom is 0.187 e. The number of azide groups is 5. The van der Waals surface area contributed by atoms with Gasteiger partial charge in [0, 0.05) is 24.6 Å². The Morgan fingerprint density at radius 1 is 0.545 bits per heavy atom. The van der Waals surface area contributed by atoms with Crippen LogP contribution in [0.2, 0.25) is 0 Å². The van der Waals surface area contributed by atoms with E-state index in [2.05, 4.69) is 50.1 Å². The van der Waals surface area contributed by atoms with E-state index in [1.165, 1.54) is 0 Å². The summed E-state index contributed by atoms with van der Waals surface area (Å²) in [5, 5.41) is 73.0. The van der Waals surface area contributed by atoms with E-state index in [9.17, 15) is 47.7 Å². The second-order valence-electron chi connectivity index (χ2n) is 15.3. The van der Waals surface area contributed by atoms with E-state index in [-0.39, 0.29) is 19.6 Å². The zero-order chi connectivity index (χ0) is 47.2. The highest BCUT2D eigenvalue weighted by Gasteiger charge is 2.56. The van der Waals surface area contributed by atoms with Gasteiger partial charge in [0.2, 0.25) is 0 Å². The van der Waals surface area contributed by atoms with Gasteiger partial charge < -0.3 is 63.4 Å². The molecule has 28 nitrogen and oxygen atoms in total. The highest BCUT2D eigenvalue weighted by atomic mass is 19.1. The van der Waals surface area contributed by atoms with Crippen LogP contribution in [-0.4, -0.2) is 162 Å². The number of hydrogen-bond donors (Lipinski definition) is 5. The molecule has 0 spiro atoms. The van der Waals surface area contributed by atoms with Crippen LogP contribution in [0.25, 0.3) is 52.2 Å². The van der Waals surface area contributed by atoms with Gasteiger partial charge in [-0.05, 0) is 45.2 Å². The Kier molecular flexibility index (Phi) is 18.3. The minimum Gasteiger partial charge on any atom is -0.394 e. The van der Waals surface area contributed by atoms with Crippen LogP contribution in [0.5, 0.6) is 0 Å². The molecule has 29 heteroatoms. The fraction of sp³-hybridized carbons (Fsp3) is 0.676. The first-order valence-corrected chi connectivity index (χ1v) is 20.4. The zero-order valence-electron chi connectivity index (χ0n) is 34.6. The Hall–Kier alpha value is -5.60. The molecule has 354 valence electrons. The van der Waals surface area contributed by atoms with Crippen LogP contribution in [0, 0.1) is 0 Å². The number of nitrogens with zero attached hydrogens (tertiary/aromatic N) is 15. The van der Waals surface area contributed by atoms with Gasteiger partial charge in [-0.2, -0.15) is 0 Å². The van der Waals surface area contributed by atoms with Crippen molar-refractivity contribution < 1.29 is 67.8 Å². The lowest BCUT2D eigenvalue weighted by Crippen LogP contribution is -2.63. The number of aliphatic hydroxyl groups excluding tert-OH is 5. The van der Waals surface area contributed by atoms with E-state index in [0.717, 1.165) is 0 Å². The van der Waals surface area contributed by atoms with Crippen LogP contribution < -0.4 is 0 Å². The van der Waals surface area contributed by atoms with Crippen LogP contribution >= 0.6 is 0 Å². The van der Waals surface area contributed by atoms with Gasteiger partial charge >= 0.3 is 0 Å². The van der Waals surface area contributed by atoms with Crippen molar-refractivity contribution in [2.24, 2.45) is 25.6 Å². The van der Waals surface area contributed by atoms with E-state index < -0.39 is 136 Å². The van der Waals surface area contributed by atoms with Gasteiger partial charge in [0.15, 0.2) is 25.0 Å². The predicted molar refractivity (Wildman–Crippen MR) is 218 cm³/mol. The fourth-order valence-electron chi connectivity index (χ4n) is 8.06. The Morgan fingerprint density at radius 3 is 1.67 bits per heavy atom. The van der Waals surface area contributed by atoms with E-state index in [1.54, 1.807) is 60.7 Å². The topological polar surface area (TPSA) is 419 Å². The lowest BCUT2D eigenvalue weighted by molar-refractivity contribution is -0.334. The zero-order valence-corrected chi connectivity index (χ0v) is 34.6. The van der Waals surface area contributed by atoms with Gasteiger partial charge in [-0.1, -0.05) is 86.2 Å². The Morgan fingerprint density at radius 2 is 1.08 bits per heavy atom. The highest BCUT2D eigenvalue weighted by Crippen LogP contribution is 2.39. The summed E-state index contributed by atoms with van der Waals surface area (Å²) in [5.41, 5.74) is 47.7. The average Bonchev–Trinajstić information content (AvgIpc) is 3.62. The summed E-state index contributed by atoms with van der Waals surface area (Å²) in [6, 6.07) is 13.1. The van der Waals surface area contributed by atoms with Crippen molar-refractivity contribution in [1.82, 2.24) is 0 Å². The van der Waals surface area contributed by atoms with Gasteiger partial charge in [-0.25, -0.2) is 4.39 Å². The standard InChI is InChI=1S/C37H46FN15O13/c38-24-31(59-15-17-7-3-1-4-8-17)22(13-45-50-40)62-37(33(24)60-16-18-9-5-2-6-10-18)64-30-20(47-52-42)11-19(46-51-41)26(55)34(30)66-36-29(58)32(23(14-54)63-36)65-35-25(48-53-43)28(57)27(56)21(61-35)12-44-49-39/h1-10,19-37,54-58H,11-16H2. The molecule has 4 fully saturated rings. The number of halogens is 1. The van der Waals surface area contributed by atoms with E-state index in [4.69, 9.17) is 43.4 Å². The van der Waals surface area contributed by atoms with Crippen LogP contribution in [0.15, 0.2) is 86.2 Å². The summed E-state index contributed by atoms with van der Waals surface area (Å²) in [4.78, 5) is 13.7. The highest BCUT2D eigenvalue weighted by molar-refractivity contribution is 5.15. The molecule has 2 aromatic carbocycles. The molecule has 3 aliphatic heterocycles. The Labute approximate surface area is 372 Å². The smallest absolute Gasteiger partial charge is 0.187 e. The molecule has 3 saturated heterocycles. The predicted octanol–water partition coefficient (Wildman–Crippen LogP) is 3.32. The molecule has 4 aliphatic rings. The molecule has 19 atom stereocenters. The van der Waals surface area contributed by atoms with Crippen molar-refractivity contribution in [3.8, 4) is 0 Å². The van der Waals surface area contributed by atoms with Crippen LogP contribution in [0.1, 0.15) is 17.5 Å². The van der Waals surface area contributed by atoms with E-state index >= 15 is 4.39 Å². The first kappa shape index (κ1) is 49.8. The molecule has 2 aromatic rings. The van der Waals surface area contributed by atoms with Gasteiger partial charge in [0.1, 0.15) is 48.8 Å². The molecule has 3 heterocycles.